The maximum atomic E-state index is 8.64. The zero-order valence-corrected chi connectivity index (χ0v) is 10.6. The number of ether oxygens (including phenoxy) is 2. The molecule has 96 valence electrons. The Morgan fingerprint density at radius 2 is 2.44 bits per heavy atom. The number of nitriles is 1. The predicted molar refractivity (Wildman–Crippen MR) is 66.3 cm³/mol. The van der Waals surface area contributed by atoms with Crippen LogP contribution in [0.1, 0.15) is 19.5 Å². The summed E-state index contributed by atoms with van der Waals surface area (Å²) >= 11 is 0. The van der Waals surface area contributed by atoms with Gasteiger partial charge in [0.2, 0.25) is 0 Å². The Morgan fingerprint density at radius 3 is 3.06 bits per heavy atom. The van der Waals surface area contributed by atoms with Gasteiger partial charge in [0.15, 0.2) is 0 Å². The molecule has 1 aromatic rings. The molecule has 2 rings (SSSR count). The first-order valence-electron chi connectivity index (χ1n) is 5.96. The molecule has 1 aromatic heterocycles. The highest BCUT2D eigenvalue weighted by Crippen LogP contribution is 2.16. The third-order valence-corrected chi connectivity index (χ3v) is 2.70. The van der Waals surface area contributed by atoms with E-state index < -0.39 is 0 Å². The van der Waals surface area contributed by atoms with Crippen LogP contribution in [0.2, 0.25) is 0 Å². The van der Waals surface area contributed by atoms with Crippen molar-refractivity contribution in [2.45, 2.75) is 25.6 Å². The van der Waals surface area contributed by atoms with Crippen molar-refractivity contribution < 1.29 is 9.47 Å². The third kappa shape index (κ3) is 3.42. The summed E-state index contributed by atoms with van der Waals surface area (Å²) in [5.41, 5.74) is 0.230. The minimum atomic E-state index is -0.158. The summed E-state index contributed by atoms with van der Waals surface area (Å²) in [6.45, 7) is 6.21. The summed E-state index contributed by atoms with van der Waals surface area (Å²) in [5.74, 6) is 0.654. The van der Waals surface area contributed by atoms with E-state index in [0.717, 1.165) is 13.1 Å². The smallest absolute Gasteiger partial charge is 0.140 e. The maximum absolute atomic E-state index is 8.64. The molecule has 0 saturated carbocycles. The number of rotatable bonds is 3. The fourth-order valence-corrected chi connectivity index (χ4v) is 1.88. The van der Waals surface area contributed by atoms with Crippen molar-refractivity contribution in [3.63, 3.8) is 0 Å². The number of aromatic nitrogens is 1. The van der Waals surface area contributed by atoms with Crippen molar-refractivity contribution in [3.8, 4) is 11.8 Å². The highest BCUT2D eigenvalue weighted by molar-refractivity contribution is 5.26. The second-order valence-corrected chi connectivity index (χ2v) is 4.93. The van der Waals surface area contributed by atoms with Crippen molar-refractivity contribution in [1.29, 1.82) is 5.26 Å². The van der Waals surface area contributed by atoms with Gasteiger partial charge in [-0.25, -0.2) is 4.98 Å². The maximum Gasteiger partial charge on any atom is 0.140 e. The summed E-state index contributed by atoms with van der Waals surface area (Å²) < 4.78 is 11.5. The van der Waals surface area contributed by atoms with E-state index in [1.165, 1.54) is 0 Å². The van der Waals surface area contributed by atoms with Crippen LogP contribution in [0.3, 0.4) is 0 Å². The predicted octanol–water partition coefficient (Wildman–Crippen LogP) is 1.10. The molecule has 5 nitrogen and oxygen atoms in total. The van der Waals surface area contributed by atoms with Crippen LogP contribution < -0.4 is 10.1 Å². The molecular weight excluding hydrogens is 230 g/mol. The molecule has 18 heavy (non-hydrogen) atoms. The van der Waals surface area contributed by atoms with Crippen molar-refractivity contribution in [3.05, 3.63) is 24.0 Å². The number of nitrogens with zero attached hydrogens (tertiary/aromatic N) is 2. The first kappa shape index (κ1) is 12.8. The van der Waals surface area contributed by atoms with E-state index in [1.54, 1.807) is 18.3 Å². The minimum absolute atomic E-state index is 0.0318. The lowest BCUT2D eigenvalue weighted by Crippen LogP contribution is -2.52. The van der Waals surface area contributed by atoms with Gasteiger partial charge in [-0.15, -0.1) is 0 Å². The normalized spacial score (nSPS) is 22.2. The molecule has 0 spiro atoms. The molecule has 1 N–H and O–H groups in total. The van der Waals surface area contributed by atoms with Crippen LogP contribution in [0.25, 0.3) is 0 Å². The molecule has 0 radical (unpaired) electrons. The molecule has 0 bridgehead atoms. The molecule has 0 amide bonds. The first-order chi connectivity index (χ1) is 8.59. The van der Waals surface area contributed by atoms with Crippen molar-refractivity contribution in [2.24, 2.45) is 0 Å². The van der Waals surface area contributed by atoms with E-state index in [1.807, 2.05) is 6.07 Å². The third-order valence-electron chi connectivity index (χ3n) is 2.70. The van der Waals surface area contributed by atoms with Crippen LogP contribution in [0, 0.1) is 11.3 Å². The fraction of sp³-hybridized carbons (Fsp3) is 0.538. The van der Waals surface area contributed by atoms with Gasteiger partial charge in [-0.2, -0.15) is 5.26 Å². The van der Waals surface area contributed by atoms with E-state index in [0.29, 0.717) is 18.1 Å². The van der Waals surface area contributed by atoms with Crippen molar-refractivity contribution in [1.82, 2.24) is 10.3 Å². The molecule has 1 atom stereocenters. The van der Waals surface area contributed by atoms with Crippen LogP contribution in [0.5, 0.6) is 5.75 Å². The molecule has 1 aliphatic heterocycles. The Labute approximate surface area is 107 Å². The van der Waals surface area contributed by atoms with Gasteiger partial charge in [0.25, 0.3) is 0 Å². The number of pyridine rings is 1. The van der Waals surface area contributed by atoms with Gasteiger partial charge in [-0.05, 0) is 26.0 Å². The summed E-state index contributed by atoms with van der Waals surface area (Å²) in [6.07, 6.45) is 1.59. The van der Waals surface area contributed by atoms with E-state index in [4.69, 9.17) is 14.7 Å². The van der Waals surface area contributed by atoms with Gasteiger partial charge >= 0.3 is 0 Å². The monoisotopic (exact) mass is 247 g/mol. The summed E-state index contributed by atoms with van der Waals surface area (Å²) in [7, 11) is 0. The molecule has 1 fully saturated rings. The Bertz CT molecular complexity index is 437. The van der Waals surface area contributed by atoms with E-state index in [-0.39, 0.29) is 11.7 Å². The van der Waals surface area contributed by atoms with Crippen molar-refractivity contribution in [2.75, 3.05) is 19.7 Å². The molecule has 2 heterocycles. The molecule has 0 aromatic carbocycles. The van der Waals surface area contributed by atoms with E-state index in [9.17, 15) is 0 Å². The molecular formula is C13H17N3O2. The molecule has 1 aliphatic rings. The van der Waals surface area contributed by atoms with Crippen LogP contribution in [-0.2, 0) is 4.74 Å². The van der Waals surface area contributed by atoms with Gasteiger partial charge in [-0.3, -0.25) is 0 Å². The number of morpholine rings is 1. The summed E-state index contributed by atoms with van der Waals surface area (Å²) in [5, 5.41) is 12.0. The van der Waals surface area contributed by atoms with E-state index >= 15 is 0 Å². The first-order valence-corrected chi connectivity index (χ1v) is 5.96. The lowest BCUT2D eigenvalue weighted by molar-refractivity contribution is -0.107. The number of hydrogen-bond acceptors (Lipinski definition) is 5. The number of hydrogen-bond donors (Lipinski definition) is 1. The summed E-state index contributed by atoms with van der Waals surface area (Å²) in [4.78, 5) is 3.95. The zero-order valence-electron chi connectivity index (χ0n) is 10.6. The van der Waals surface area contributed by atoms with Crippen LogP contribution in [0.15, 0.2) is 18.3 Å². The number of nitrogens with one attached hydrogen (secondary N) is 1. The Kier molecular flexibility index (Phi) is 3.80. The highest BCUT2D eigenvalue weighted by Gasteiger charge is 2.28. The molecule has 1 saturated heterocycles. The average Bonchev–Trinajstić information content (AvgIpc) is 2.36. The van der Waals surface area contributed by atoms with Gasteiger partial charge < -0.3 is 14.8 Å². The molecule has 1 unspecified atom stereocenters. The van der Waals surface area contributed by atoms with Crippen LogP contribution >= 0.6 is 0 Å². The lowest BCUT2D eigenvalue weighted by Gasteiger charge is -2.36. The van der Waals surface area contributed by atoms with Gasteiger partial charge in [0.1, 0.15) is 30.2 Å². The Hall–Kier alpha value is -1.64. The van der Waals surface area contributed by atoms with Crippen molar-refractivity contribution >= 4 is 0 Å². The second kappa shape index (κ2) is 5.34. The highest BCUT2D eigenvalue weighted by atomic mass is 16.5. The molecule has 5 heteroatoms. The van der Waals surface area contributed by atoms with Crippen LogP contribution in [0.4, 0.5) is 0 Å². The summed E-state index contributed by atoms with van der Waals surface area (Å²) in [6, 6.07) is 5.35. The second-order valence-electron chi connectivity index (χ2n) is 4.93. The lowest BCUT2D eigenvalue weighted by atomic mass is 10.1. The van der Waals surface area contributed by atoms with Gasteiger partial charge in [0.05, 0.1) is 11.8 Å². The SMILES string of the molecule is CC1(C)CNCC(COc2ccc(C#N)nc2)O1. The zero-order chi connectivity index (χ0) is 13.0. The van der Waals surface area contributed by atoms with Gasteiger partial charge in [-0.1, -0.05) is 0 Å². The van der Waals surface area contributed by atoms with Crippen LogP contribution in [-0.4, -0.2) is 36.4 Å². The topological polar surface area (TPSA) is 67.2 Å². The quantitative estimate of drug-likeness (QED) is 0.866. The minimum Gasteiger partial charge on any atom is -0.489 e. The Morgan fingerprint density at radius 1 is 1.61 bits per heavy atom. The standard InChI is InChI=1S/C13H17N3O2/c1-13(2)9-15-6-12(18-13)8-17-11-4-3-10(5-14)16-7-11/h3-4,7,12,15H,6,8-9H2,1-2H3. The van der Waals surface area contributed by atoms with Gasteiger partial charge in [0, 0.05) is 13.1 Å². The fourth-order valence-electron chi connectivity index (χ4n) is 1.88. The largest absolute Gasteiger partial charge is 0.489 e. The Balaban J connectivity index is 1.85. The molecule has 0 aliphatic carbocycles. The average molecular weight is 247 g/mol. The van der Waals surface area contributed by atoms with E-state index in [2.05, 4.69) is 24.1 Å².